The molecule has 0 saturated carbocycles. The van der Waals surface area contributed by atoms with Crippen LogP contribution in [0.4, 0.5) is 10.5 Å². The molecule has 2 aromatic rings. The van der Waals surface area contributed by atoms with Crippen molar-refractivity contribution < 1.29 is 9.53 Å². The van der Waals surface area contributed by atoms with Gasteiger partial charge in [0.1, 0.15) is 0 Å². The molecule has 0 fully saturated rings. The van der Waals surface area contributed by atoms with Crippen LogP contribution in [0.3, 0.4) is 0 Å². The third kappa shape index (κ3) is 3.10. The molecule has 0 aliphatic heterocycles. The Balaban J connectivity index is 2.09. The molecule has 0 aliphatic rings. The lowest BCUT2D eigenvalue weighted by atomic mass is 10.1. The quantitative estimate of drug-likeness (QED) is 0.884. The molecule has 0 radical (unpaired) electrons. The lowest BCUT2D eigenvalue weighted by Gasteiger charge is -2.06. The molecular formula is C15H15NO2. The average molecular weight is 241 g/mol. The minimum Gasteiger partial charge on any atom is -0.450 e. The van der Waals surface area contributed by atoms with Crippen LogP contribution in [0, 0.1) is 0 Å². The summed E-state index contributed by atoms with van der Waals surface area (Å²) >= 11 is 0. The van der Waals surface area contributed by atoms with E-state index in [1.807, 2.05) is 54.6 Å². The molecule has 0 spiro atoms. The van der Waals surface area contributed by atoms with Crippen molar-refractivity contribution in [1.29, 1.82) is 0 Å². The van der Waals surface area contributed by atoms with Crippen LogP contribution in [0.15, 0.2) is 54.6 Å². The molecule has 0 aromatic heterocycles. The van der Waals surface area contributed by atoms with Crippen LogP contribution in [0.25, 0.3) is 11.1 Å². The second kappa shape index (κ2) is 5.87. The number of benzene rings is 2. The fraction of sp³-hybridized carbons (Fsp3) is 0.133. The Morgan fingerprint density at radius 1 is 1.00 bits per heavy atom. The van der Waals surface area contributed by atoms with E-state index in [0.29, 0.717) is 6.61 Å². The Hall–Kier alpha value is -2.29. The zero-order valence-electron chi connectivity index (χ0n) is 10.2. The molecule has 0 saturated heterocycles. The summed E-state index contributed by atoms with van der Waals surface area (Å²) in [5, 5.41) is 2.66. The van der Waals surface area contributed by atoms with Gasteiger partial charge in [-0.25, -0.2) is 4.79 Å². The Labute approximate surface area is 106 Å². The van der Waals surface area contributed by atoms with Crippen molar-refractivity contribution in [3.8, 4) is 11.1 Å². The Morgan fingerprint density at radius 2 is 1.61 bits per heavy atom. The van der Waals surface area contributed by atoms with Crippen LogP contribution in [0.5, 0.6) is 0 Å². The van der Waals surface area contributed by atoms with Crippen molar-refractivity contribution in [2.75, 3.05) is 11.9 Å². The summed E-state index contributed by atoms with van der Waals surface area (Å²) in [6.45, 7) is 2.14. The summed E-state index contributed by atoms with van der Waals surface area (Å²) in [6, 6.07) is 17.7. The van der Waals surface area contributed by atoms with Crippen molar-refractivity contribution in [3.63, 3.8) is 0 Å². The number of carbonyl (C=O) groups excluding carboxylic acids is 1. The highest BCUT2D eigenvalue weighted by Gasteiger charge is 2.02. The third-order valence-electron chi connectivity index (χ3n) is 2.51. The highest BCUT2D eigenvalue weighted by Crippen LogP contribution is 2.20. The molecule has 92 valence electrons. The smallest absolute Gasteiger partial charge is 0.411 e. The predicted octanol–water partition coefficient (Wildman–Crippen LogP) is 3.92. The predicted molar refractivity (Wildman–Crippen MR) is 72.5 cm³/mol. The summed E-state index contributed by atoms with van der Waals surface area (Å²) < 4.78 is 4.81. The number of hydrogen-bond acceptors (Lipinski definition) is 2. The van der Waals surface area contributed by atoms with Gasteiger partial charge in [-0.1, -0.05) is 42.5 Å². The number of ether oxygens (including phenoxy) is 1. The first-order valence-corrected chi connectivity index (χ1v) is 5.89. The largest absolute Gasteiger partial charge is 0.450 e. The minimum atomic E-state index is -0.426. The zero-order valence-corrected chi connectivity index (χ0v) is 10.2. The zero-order chi connectivity index (χ0) is 12.8. The monoisotopic (exact) mass is 241 g/mol. The molecule has 3 heteroatoms. The molecular weight excluding hydrogens is 226 g/mol. The number of nitrogens with one attached hydrogen (secondary N) is 1. The van der Waals surface area contributed by atoms with E-state index in [1.54, 1.807) is 6.92 Å². The van der Waals surface area contributed by atoms with Gasteiger partial charge in [0.25, 0.3) is 0 Å². The van der Waals surface area contributed by atoms with E-state index in [4.69, 9.17) is 4.74 Å². The maximum absolute atomic E-state index is 11.2. The molecule has 3 nitrogen and oxygen atoms in total. The van der Waals surface area contributed by atoms with Crippen LogP contribution >= 0.6 is 0 Å². The van der Waals surface area contributed by atoms with Gasteiger partial charge in [0.15, 0.2) is 0 Å². The van der Waals surface area contributed by atoms with Gasteiger partial charge in [-0.3, -0.25) is 5.32 Å². The van der Waals surface area contributed by atoms with Crippen molar-refractivity contribution in [1.82, 2.24) is 0 Å². The van der Waals surface area contributed by atoms with E-state index in [-0.39, 0.29) is 0 Å². The van der Waals surface area contributed by atoms with Crippen LogP contribution < -0.4 is 5.32 Å². The number of rotatable bonds is 3. The van der Waals surface area contributed by atoms with Gasteiger partial charge in [-0.05, 0) is 30.2 Å². The molecule has 2 aromatic carbocycles. The van der Waals surface area contributed by atoms with E-state index in [1.165, 1.54) is 0 Å². The van der Waals surface area contributed by atoms with Gasteiger partial charge < -0.3 is 4.74 Å². The van der Waals surface area contributed by atoms with Gasteiger partial charge in [-0.2, -0.15) is 0 Å². The van der Waals surface area contributed by atoms with Crippen molar-refractivity contribution in [3.05, 3.63) is 54.6 Å². The standard InChI is InChI=1S/C15H15NO2/c1-2-18-15(17)16-14-10-8-13(9-11-14)12-6-4-3-5-7-12/h3-11H,2H2,1H3,(H,16,17). The van der Waals surface area contributed by atoms with Crippen molar-refractivity contribution >= 4 is 11.8 Å². The van der Waals surface area contributed by atoms with Gasteiger partial charge in [0.05, 0.1) is 6.61 Å². The highest BCUT2D eigenvalue weighted by molar-refractivity contribution is 5.85. The summed E-state index contributed by atoms with van der Waals surface area (Å²) in [6.07, 6.45) is -0.426. The molecule has 0 heterocycles. The molecule has 0 aliphatic carbocycles. The summed E-state index contributed by atoms with van der Waals surface area (Å²) in [5.74, 6) is 0. The third-order valence-corrected chi connectivity index (χ3v) is 2.51. The van der Waals surface area contributed by atoms with Gasteiger partial charge in [0.2, 0.25) is 0 Å². The summed E-state index contributed by atoms with van der Waals surface area (Å²) in [4.78, 5) is 11.2. The SMILES string of the molecule is CCOC(=O)Nc1ccc(-c2ccccc2)cc1. The molecule has 1 amide bonds. The lowest BCUT2D eigenvalue weighted by Crippen LogP contribution is -2.12. The Bertz CT molecular complexity index is 506. The molecule has 18 heavy (non-hydrogen) atoms. The molecule has 0 atom stereocenters. The van der Waals surface area contributed by atoms with E-state index in [9.17, 15) is 4.79 Å². The van der Waals surface area contributed by atoms with Crippen LogP contribution in [0.2, 0.25) is 0 Å². The Morgan fingerprint density at radius 3 is 2.22 bits per heavy atom. The number of anilines is 1. The van der Waals surface area contributed by atoms with Crippen LogP contribution in [-0.4, -0.2) is 12.7 Å². The van der Waals surface area contributed by atoms with Gasteiger partial charge >= 0.3 is 6.09 Å². The van der Waals surface area contributed by atoms with Crippen LogP contribution in [0.1, 0.15) is 6.92 Å². The molecule has 0 unspecified atom stereocenters. The fourth-order valence-corrected chi connectivity index (χ4v) is 1.66. The molecule has 0 bridgehead atoms. The first kappa shape index (κ1) is 12.2. The van der Waals surface area contributed by atoms with Gasteiger partial charge in [0, 0.05) is 5.69 Å². The average Bonchev–Trinajstić information content (AvgIpc) is 2.41. The maximum Gasteiger partial charge on any atom is 0.411 e. The van der Waals surface area contributed by atoms with Crippen molar-refractivity contribution in [2.45, 2.75) is 6.92 Å². The molecule has 2 rings (SSSR count). The summed E-state index contributed by atoms with van der Waals surface area (Å²) in [5.41, 5.74) is 3.00. The number of hydrogen-bond donors (Lipinski definition) is 1. The fourth-order valence-electron chi connectivity index (χ4n) is 1.66. The van der Waals surface area contributed by atoms with Crippen molar-refractivity contribution in [2.24, 2.45) is 0 Å². The highest BCUT2D eigenvalue weighted by atomic mass is 16.5. The first-order chi connectivity index (χ1) is 8.79. The van der Waals surface area contributed by atoms with E-state index >= 15 is 0 Å². The first-order valence-electron chi connectivity index (χ1n) is 5.89. The van der Waals surface area contributed by atoms with Gasteiger partial charge in [-0.15, -0.1) is 0 Å². The topological polar surface area (TPSA) is 38.3 Å². The van der Waals surface area contributed by atoms with E-state index in [2.05, 4.69) is 5.32 Å². The number of amides is 1. The van der Waals surface area contributed by atoms with E-state index in [0.717, 1.165) is 16.8 Å². The summed E-state index contributed by atoms with van der Waals surface area (Å²) in [7, 11) is 0. The lowest BCUT2D eigenvalue weighted by molar-refractivity contribution is 0.168. The second-order valence-corrected chi connectivity index (χ2v) is 3.79. The molecule has 1 N–H and O–H groups in total. The minimum absolute atomic E-state index is 0.369. The van der Waals surface area contributed by atoms with Crippen LogP contribution in [-0.2, 0) is 4.74 Å². The van der Waals surface area contributed by atoms with E-state index < -0.39 is 6.09 Å². The Kier molecular flexibility index (Phi) is 3.97. The maximum atomic E-state index is 11.2. The normalized spacial score (nSPS) is 9.83. The second-order valence-electron chi connectivity index (χ2n) is 3.79. The number of carbonyl (C=O) groups is 1.